The SMILES string of the molecule is CCCCC1(CCCC)c2ccccc2-c2cc3c(C#Cc4ccccc4)c4ccccc4c(C#Cc4ccccc4)c3cc21. The van der Waals surface area contributed by atoms with Crippen molar-refractivity contribution in [1.82, 2.24) is 0 Å². The molecule has 0 fully saturated rings. The van der Waals surface area contributed by atoms with E-state index in [1.165, 1.54) is 58.7 Å². The highest BCUT2D eigenvalue weighted by atomic mass is 14.4. The molecule has 0 aliphatic heterocycles. The summed E-state index contributed by atoms with van der Waals surface area (Å²) in [5.41, 5.74) is 9.94. The van der Waals surface area contributed by atoms with Crippen molar-refractivity contribution in [2.75, 3.05) is 0 Å². The Morgan fingerprint density at radius 1 is 0.444 bits per heavy atom. The van der Waals surface area contributed by atoms with Crippen molar-refractivity contribution in [1.29, 1.82) is 0 Å². The molecule has 0 bridgehead atoms. The Balaban J connectivity index is 1.59. The zero-order valence-electron chi connectivity index (χ0n) is 26.3. The summed E-state index contributed by atoms with van der Waals surface area (Å²) in [5, 5.41) is 4.71. The van der Waals surface area contributed by atoms with E-state index in [0.29, 0.717) is 0 Å². The Bertz CT molecular complexity index is 2120. The van der Waals surface area contributed by atoms with Crippen LogP contribution in [0, 0.1) is 23.7 Å². The summed E-state index contributed by atoms with van der Waals surface area (Å²) in [7, 11) is 0. The van der Waals surface area contributed by atoms with Gasteiger partial charge in [0.25, 0.3) is 0 Å². The first-order valence-electron chi connectivity index (χ1n) is 16.5. The molecule has 6 aromatic rings. The van der Waals surface area contributed by atoms with Crippen molar-refractivity contribution in [3.63, 3.8) is 0 Å². The predicted octanol–water partition coefficient (Wildman–Crippen LogP) is 11.4. The fourth-order valence-electron chi connectivity index (χ4n) is 7.32. The quantitative estimate of drug-likeness (QED) is 0.136. The van der Waals surface area contributed by atoms with Gasteiger partial charge in [0.05, 0.1) is 0 Å². The van der Waals surface area contributed by atoms with Gasteiger partial charge in [-0.3, -0.25) is 0 Å². The minimum Gasteiger partial charge on any atom is -0.0654 e. The molecule has 0 N–H and O–H groups in total. The Morgan fingerprint density at radius 2 is 0.933 bits per heavy atom. The van der Waals surface area contributed by atoms with Gasteiger partial charge in [-0.25, -0.2) is 0 Å². The summed E-state index contributed by atoms with van der Waals surface area (Å²) in [6.07, 6.45) is 7.13. The van der Waals surface area contributed by atoms with Gasteiger partial charge in [-0.15, -0.1) is 0 Å². The van der Waals surface area contributed by atoms with Gasteiger partial charge in [0.1, 0.15) is 0 Å². The second-order valence-electron chi connectivity index (χ2n) is 12.3. The maximum atomic E-state index is 3.68. The Hall–Kier alpha value is -5.04. The monoisotopic (exact) mass is 578 g/mol. The highest BCUT2D eigenvalue weighted by molar-refractivity contribution is 6.11. The normalized spacial score (nSPS) is 12.6. The molecule has 0 spiro atoms. The van der Waals surface area contributed by atoms with Crippen molar-refractivity contribution in [2.24, 2.45) is 0 Å². The summed E-state index contributed by atoms with van der Waals surface area (Å²) in [5.74, 6) is 14.3. The smallest absolute Gasteiger partial charge is 0.0407 e. The molecule has 0 atom stereocenters. The van der Waals surface area contributed by atoms with Gasteiger partial charge in [0, 0.05) is 27.7 Å². The highest BCUT2D eigenvalue weighted by Gasteiger charge is 2.42. The maximum Gasteiger partial charge on any atom is 0.0407 e. The number of hydrogen-bond donors (Lipinski definition) is 0. The fraction of sp³-hybridized carbons (Fsp3) is 0.200. The number of fused-ring (bicyclic) bond motifs is 5. The third-order valence-corrected chi connectivity index (χ3v) is 9.54. The van der Waals surface area contributed by atoms with Crippen LogP contribution in [0.5, 0.6) is 0 Å². The molecular weight excluding hydrogens is 540 g/mol. The molecule has 0 radical (unpaired) electrons. The molecular formula is C45H38. The molecule has 0 saturated carbocycles. The molecule has 45 heavy (non-hydrogen) atoms. The van der Waals surface area contributed by atoms with Crippen LogP contribution in [0.3, 0.4) is 0 Å². The summed E-state index contributed by atoms with van der Waals surface area (Å²) < 4.78 is 0. The lowest BCUT2D eigenvalue weighted by atomic mass is 9.70. The van der Waals surface area contributed by atoms with Crippen molar-refractivity contribution in [3.05, 3.63) is 155 Å². The lowest BCUT2D eigenvalue weighted by Crippen LogP contribution is -2.25. The second-order valence-corrected chi connectivity index (χ2v) is 12.3. The molecule has 1 aliphatic carbocycles. The van der Waals surface area contributed by atoms with Gasteiger partial charge >= 0.3 is 0 Å². The first-order chi connectivity index (χ1) is 22.2. The number of unbranched alkanes of at least 4 members (excludes halogenated alkanes) is 2. The van der Waals surface area contributed by atoms with E-state index < -0.39 is 0 Å². The summed E-state index contributed by atoms with van der Waals surface area (Å²) in [4.78, 5) is 0. The van der Waals surface area contributed by atoms with Crippen LogP contribution in [0.15, 0.2) is 121 Å². The minimum absolute atomic E-state index is 0.0117. The molecule has 218 valence electrons. The average Bonchev–Trinajstić information content (AvgIpc) is 3.36. The van der Waals surface area contributed by atoms with Crippen LogP contribution in [0.2, 0.25) is 0 Å². The number of hydrogen-bond acceptors (Lipinski definition) is 0. The van der Waals surface area contributed by atoms with Crippen molar-refractivity contribution >= 4 is 21.5 Å². The van der Waals surface area contributed by atoms with Crippen LogP contribution in [-0.4, -0.2) is 0 Å². The van der Waals surface area contributed by atoms with Gasteiger partial charge in [-0.05, 0) is 93.0 Å². The molecule has 0 amide bonds. The second kappa shape index (κ2) is 12.5. The largest absolute Gasteiger partial charge is 0.0654 e. The molecule has 7 rings (SSSR count). The summed E-state index contributed by atoms with van der Waals surface area (Å²) in [6, 6.07) is 43.5. The zero-order chi connectivity index (χ0) is 30.6. The van der Waals surface area contributed by atoms with Gasteiger partial charge in [-0.2, -0.15) is 0 Å². The van der Waals surface area contributed by atoms with Gasteiger partial charge in [-0.1, -0.05) is 148 Å². The van der Waals surface area contributed by atoms with Crippen LogP contribution in [0.25, 0.3) is 32.7 Å². The van der Waals surface area contributed by atoms with Crippen LogP contribution in [0.1, 0.15) is 85.8 Å². The van der Waals surface area contributed by atoms with E-state index in [1.54, 1.807) is 0 Å². The van der Waals surface area contributed by atoms with E-state index in [0.717, 1.165) is 45.9 Å². The Kier molecular flexibility index (Phi) is 7.99. The third kappa shape index (κ3) is 5.22. The van der Waals surface area contributed by atoms with Gasteiger partial charge < -0.3 is 0 Å². The molecule has 0 heteroatoms. The molecule has 6 aromatic carbocycles. The van der Waals surface area contributed by atoms with Crippen molar-refractivity contribution in [3.8, 4) is 34.8 Å². The first kappa shape index (κ1) is 28.7. The van der Waals surface area contributed by atoms with Crippen LogP contribution in [0.4, 0.5) is 0 Å². The molecule has 0 saturated heterocycles. The fourth-order valence-corrected chi connectivity index (χ4v) is 7.32. The first-order valence-corrected chi connectivity index (χ1v) is 16.5. The maximum absolute atomic E-state index is 3.68. The van der Waals surface area contributed by atoms with E-state index in [4.69, 9.17) is 0 Å². The minimum atomic E-state index is 0.0117. The van der Waals surface area contributed by atoms with E-state index in [2.05, 4.69) is 147 Å². The Morgan fingerprint density at radius 3 is 1.49 bits per heavy atom. The van der Waals surface area contributed by atoms with E-state index in [-0.39, 0.29) is 5.41 Å². The molecule has 0 nitrogen and oxygen atoms in total. The highest BCUT2D eigenvalue weighted by Crippen LogP contribution is 2.55. The van der Waals surface area contributed by atoms with Crippen molar-refractivity contribution in [2.45, 2.75) is 57.8 Å². The van der Waals surface area contributed by atoms with Crippen LogP contribution < -0.4 is 0 Å². The van der Waals surface area contributed by atoms with Crippen LogP contribution in [-0.2, 0) is 5.41 Å². The lowest BCUT2D eigenvalue weighted by molar-refractivity contribution is 0.415. The van der Waals surface area contributed by atoms with E-state index in [1.807, 2.05) is 12.1 Å². The molecule has 0 unspecified atom stereocenters. The topological polar surface area (TPSA) is 0 Å². The molecule has 1 aliphatic rings. The standard InChI is InChI=1S/C45H38/c1-3-5-29-45(30-6-4-2)43-24-16-15-23-39(43)42-31-40-37(27-25-33-17-9-7-10-18-33)35-21-13-14-22-36(35)38(41(40)32-44(42)45)28-26-34-19-11-8-12-20-34/h7-24,31-32H,3-6,29-30H2,1-2H3. The summed E-state index contributed by atoms with van der Waals surface area (Å²) in [6.45, 7) is 4.63. The average molecular weight is 579 g/mol. The molecule has 0 aromatic heterocycles. The van der Waals surface area contributed by atoms with E-state index in [9.17, 15) is 0 Å². The molecule has 0 heterocycles. The van der Waals surface area contributed by atoms with Gasteiger partial charge in [0.15, 0.2) is 0 Å². The van der Waals surface area contributed by atoms with Crippen molar-refractivity contribution < 1.29 is 0 Å². The Labute approximate surface area is 268 Å². The van der Waals surface area contributed by atoms with Crippen LogP contribution >= 0.6 is 0 Å². The number of rotatable bonds is 6. The predicted molar refractivity (Wildman–Crippen MR) is 192 cm³/mol. The van der Waals surface area contributed by atoms with E-state index >= 15 is 0 Å². The lowest BCUT2D eigenvalue weighted by Gasteiger charge is -2.33. The van der Waals surface area contributed by atoms with Gasteiger partial charge in [0.2, 0.25) is 0 Å². The third-order valence-electron chi connectivity index (χ3n) is 9.54. The summed E-state index contributed by atoms with van der Waals surface area (Å²) >= 11 is 0. The zero-order valence-corrected chi connectivity index (χ0v) is 26.3. The number of benzene rings is 6.